The standard InChI is InChI=1S/C15H16N2O.ClH/c1-2-4-12(5-3-1)13-6-7-14(17-10-13)15-11-16-8-9-18-15;/h1-7,10,15-16H,8-9,11H2;1H. The molecule has 100 valence electrons. The number of hydrogen-bond acceptors (Lipinski definition) is 3. The number of aromatic nitrogens is 1. The van der Waals surface area contributed by atoms with Crippen molar-refractivity contribution in [2.75, 3.05) is 19.7 Å². The van der Waals surface area contributed by atoms with Gasteiger partial charge in [0.2, 0.25) is 0 Å². The van der Waals surface area contributed by atoms with Gasteiger partial charge in [0.05, 0.1) is 12.3 Å². The van der Waals surface area contributed by atoms with Crippen LogP contribution in [0.5, 0.6) is 0 Å². The number of rotatable bonds is 2. The number of morpholine rings is 1. The van der Waals surface area contributed by atoms with Crippen LogP contribution in [0.2, 0.25) is 0 Å². The molecule has 3 rings (SSSR count). The Kier molecular flexibility index (Phi) is 4.91. The molecule has 4 heteroatoms. The van der Waals surface area contributed by atoms with Crippen molar-refractivity contribution >= 4 is 12.4 Å². The molecule has 1 aliphatic rings. The molecule has 1 aliphatic heterocycles. The molecule has 19 heavy (non-hydrogen) atoms. The summed E-state index contributed by atoms with van der Waals surface area (Å²) in [5, 5.41) is 3.31. The molecule has 0 spiro atoms. The third kappa shape index (κ3) is 3.32. The van der Waals surface area contributed by atoms with Crippen LogP contribution in [0.25, 0.3) is 11.1 Å². The number of ether oxygens (including phenoxy) is 1. The molecule has 2 heterocycles. The second kappa shape index (κ2) is 6.66. The lowest BCUT2D eigenvalue weighted by molar-refractivity contribution is 0.0250. The Balaban J connectivity index is 0.00000133. The summed E-state index contributed by atoms with van der Waals surface area (Å²) in [7, 11) is 0. The van der Waals surface area contributed by atoms with E-state index in [1.165, 1.54) is 5.56 Å². The van der Waals surface area contributed by atoms with Crippen molar-refractivity contribution in [2.24, 2.45) is 0 Å². The van der Waals surface area contributed by atoms with Gasteiger partial charge in [-0.25, -0.2) is 0 Å². The third-order valence-corrected chi connectivity index (χ3v) is 3.15. The number of hydrogen-bond donors (Lipinski definition) is 1. The molecule has 1 N–H and O–H groups in total. The highest BCUT2D eigenvalue weighted by molar-refractivity contribution is 5.85. The van der Waals surface area contributed by atoms with Crippen LogP contribution < -0.4 is 5.32 Å². The average Bonchev–Trinajstić information content (AvgIpc) is 2.49. The van der Waals surface area contributed by atoms with E-state index in [-0.39, 0.29) is 18.5 Å². The highest BCUT2D eigenvalue weighted by Crippen LogP contribution is 2.21. The minimum atomic E-state index is 0. The fourth-order valence-electron chi connectivity index (χ4n) is 2.15. The van der Waals surface area contributed by atoms with Crippen LogP contribution in [0.4, 0.5) is 0 Å². The van der Waals surface area contributed by atoms with E-state index in [0.717, 1.165) is 31.0 Å². The first-order valence-corrected chi connectivity index (χ1v) is 6.27. The Morgan fingerprint density at radius 2 is 1.89 bits per heavy atom. The SMILES string of the molecule is Cl.c1ccc(-c2ccc(C3CNCCO3)nc2)cc1. The van der Waals surface area contributed by atoms with Gasteiger partial charge in [-0.3, -0.25) is 4.98 Å². The lowest BCUT2D eigenvalue weighted by Crippen LogP contribution is -2.33. The Morgan fingerprint density at radius 1 is 1.05 bits per heavy atom. The largest absolute Gasteiger partial charge is 0.369 e. The van der Waals surface area contributed by atoms with Crippen molar-refractivity contribution in [1.82, 2.24) is 10.3 Å². The van der Waals surface area contributed by atoms with Gasteiger partial charge < -0.3 is 10.1 Å². The maximum Gasteiger partial charge on any atom is 0.112 e. The summed E-state index contributed by atoms with van der Waals surface area (Å²) in [6.07, 6.45) is 2.01. The number of pyridine rings is 1. The predicted octanol–water partition coefficient (Wildman–Crippen LogP) is 2.83. The van der Waals surface area contributed by atoms with Gasteiger partial charge >= 0.3 is 0 Å². The fraction of sp³-hybridized carbons (Fsp3) is 0.267. The molecule has 1 fully saturated rings. The second-order valence-electron chi connectivity index (χ2n) is 4.40. The van der Waals surface area contributed by atoms with Crippen molar-refractivity contribution < 1.29 is 4.74 Å². The monoisotopic (exact) mass is 276 g/mol. The van der Waals surface area contributed by atoms with Crippen molar-refractivity contribution in [1.29, 1.82) is 0 Å². The summed E-state index contributed by atoms with van der Waals surface area (Å²) < 4.78 is 5.68. The van der Waals surface area contributed by atoms with Gasteiger partial charge in [0.1, 0.15) is 6.10 Å². The summed E-state index contributed by atoms with van der Waals surface area (Å²) in [6, 6.07) is 14.4. The molecule has 3 nitrogen and oxygen atoms in total. The zero-order valence-electron chi connectivity index (χ0n) is 10.6. The molecular formula is C15H17ClN2O. The lowest BCUT2D eigenvalue weighted by atomic mass is 10.1. The van der Waals surface area contributed by atoms with Crippen LogP contribution in [0, 0.1) is 0 Å². The second-order valence-corrected chi connectivity index (χ2v) is 4.40. The van der Waals surface area contributed by atoms with E-state index in [4.69, 9.17) is 4.74 Å². The molecule has 0 amide bonds. The maximum atomic E-state index is 5.68. The minimum absolute atomic E-state index is 0. The molecule has 0 bridgehead atoms. The Morgan fingerprint density at radius 3 is 2.53 bits per heavy atom. The minimum Gasteiger partial charge on any atom is -0.369 e. The molecule has 1 aromatic heterocycles. The van der Waals surface area contributed by atoms with Crippen LogP contribution in [-0.2, 0) is 4.74 Å². The van der Waals surface area contributed by atoms with Crippen molar-refractivity contribution in [3.05, 3.63) is 54.4 Å². The highest BCUT2D eigenvalue weighted by Gasteiger charge is 2.16. The van der Waals surface area contributed by atoms with E-state index >= 15 is 0 Å². The average molecular weight is 277 g/mol. The molecule has 0 radical (unpaired) electrons. The third-order valence-electron chi connectivity index (χ3n) is 3.15. The summed E-state index contributed by atoms with van der Waals surface area (Å²) >= 11 is 0. The van der Waals surface area contributed by atoms with Crippen LogP contribution in [-0.4, -0.2) is 24.7 Å². The van der Waals surface area contributed by atoms with E-state index < -0.39 is 0 Å². The fourth-order valence-corrected chi connectivity index (χ4v) is 2.15. The van der Waals surface area contributed by atoms with Crippen molar-refractivity contribution in [3.63, 3.8) is 0 Å². The maximum absolute atomic E-state index is 5.68. The molecular weight excluding hydrogens is 260 g/mol. The molecule has 1 aromatic carbocycles. The summed E-state index contributed by atoms with van der Waals surface area (Å²) in [6.45, 7) is 2.53. The van der Waals surface area contributed by atoms with Crippen molar-refractivity contribution in [2.45, 2.75) is 6.10 Å². The van der Waals surface area contributed by atoms with Crippen LogP contribution in [0.1, 0.15) is 11.8 Å². The van der Waals surface area contributed by atoms with Crippen LogP contribution in [0.3, 0.4) is 0 Å². The first-order chi connectivity index (χ1) is 8.93. The quantitative estimate of drug-likeness (QED) is 0.916. The Labute approximate surface area is 119 Å². The Hall–Kier alpha value is -1.42. The zero-order valence-corrected chi connectivity index (χ0v) is 11.4. The van der Waals surface area contributed by atoms with Crippen LogP contribution in [0.15, 0.2) is 48.7 Å². The van der Waals surface area contributed by atoms with Gasteiger partial charge in [0.25, 0.3) is 0 Å². The first kappa shape index (κ1) is 14.0. The van der Waals surface area contributed by atoms with E-state index in [0.29, 0.717) is 0 Å². The van der Waals surface area contributed by atoms with Crippen molar-refractivity contribution in [3.8, 4) is 11.1 Å². The molecule has 0 saturated carbocycles. The number of nitrogens with one attached hydrogen (secondary N) is 1. The smallest absolute Gasteiger partial charge is 0.112 e. The van der Waals surface area contributed by atoms with Crippen LogP contribution >= 0.6 is 12.4 Å². The highest BCUT2D eigenvalue weighted by atomic mass is 35.5. The number of nitrogens with zero attached hydrogens (tertiary/aromatic N) is 1. The van der Waals surface area contributed by atoms with Gasteiger partial charge in [-0.1, -0.05) is 36.4 Å². The summed E-state index contributed by atoms with van der Waals surface area (Å²) in [5.41, 5.74) is 3.34. The van der Waals surface area contributed by atoms with E-state index in [1.807, 2.05) is 24.4 Å². The predicted molar refractivity (Wildman–Crippen MR) is 78.5 cm³/mol. The van der Waals surface area contributed by atoms with E-state index in [1.54, 1.807) is 0 Å². The molecule has 1 saturated heterocycles. The summed E-state index contributed by atoms with van der Waals surface area (Å²) in [5.74, 6) is 0. The molecule has 1 atom stereocenters. The van der Waals surface area contributed by atoms with E-state index in [2.05, 4.69) is 34.6 Å². The Bertz CT molecular complexity index is 495. The summed E-state index contributed by atoms with van der Waals surface area (Å²) in [4.78, 5) is 4.51. The lowest BCUT2D eigenvalue weighted by Gasteiger charge is -2.23. The first-order valence-electron chi connectivity index (χ1n) is 6.27. The zero-order chi connectivity index (χ0) is 12.2. The number of halogens is 1. The topological polar surface area (TPSA) is 34.1 Å². The van der Waals surface area contributed by atoms with E-state index in [9.17, 15) is 0 Å². The molecule has 2 aromatic rings. The number of benzene rings is 1. The van der Waals surface area contributed by atoms with Gasteiger partial charge in [-0.2, -0.15) is 0 Å². The van der Waals surface area contributed by atoms with Gasteiger partial charge in [0, 0.05) is 24.8 Å². The van der Waals surface area contributed by atoms with Gasteiger partial charge in [-0.05, 0) is 11.6 Å². The molecule has 0 aliphatic carbocycles. The molecule has 1 unspecified atom stereocenters. The van der Waals surface area contributed by atoms with Gasteiger partial charge in [0.15, 0.2) is 0 Å². The van der Waals surface area contributed by atoms with Gasteiger partial charge in [-0.15, -0.1) is 12.4 Å². The normalized spacial score (nSPS) is 18.6.